The number of sulfone groups is 1. The van der Waals surface area contributed by atoms with Crippen LogP contribution in [0.15, 0.2) is 47.5 Å². The van der Waals surface area contributed by atoms with Crippen molar-refractivity contribution in [3.8, 4) is 5.75 Å². The van der Waals surface area contributed by atoms with E-state index < -0.39 is 9.84 Å². The van der Waals surface area contributed by atoms with Crippen LogP contribution in [0.4, 0.5) is 0 Å². The number of benzene rings is 1. The van der Waals surface area contributed by atoms with E-state index in [4.69, 9.17) is 4.74 Å². The molecule has 21 heavy (non-hydrogen) atoms. The standard InChI is InChI=1S/C15H18N2O3S/c1-16-9-12-3-4-13(17-10-12)11-20-14-5-7-15(8-6-14)21(2,18)19/h3-8,10,16H,9,11H2,1-2H3. The zero-order chi connectivity index (χ0) is 15.3. The number of ether oxygens (including phenoxy) is 1. The molecule has 0 atom stereocenters. The Labute approximate surface area is 124 Å². The first-order valence-corrected chi connectivity index (χ1v) is 8.39. The van der Waals surface area contributed by atoms with Crippen LogP contribution >= 0.6 is 0 Å². The molecule has 112 valence electrons. The van der Waals surface area contributed by atoms with Crippen molar-refractivity contribution < 1.29 is 13.2 Å². The van der Waals surface area contributed by atoms with Crippen LogP contribution in [0.25, 0.3) is 0 Å². The average Bonchev–Trinajstić information content (AvgIpc) is 2.46. The molecule has 0 spiro atoms. The van der Waals surface area contributed by atoms with Gasteiger partial charge in [0.15, 0.2) is 9.84 Å². The van der Waals surface area contributed by atoms with Crippen LogP contribution in [0.2, 0.25) is 0 Å². The van der Waals surface area contributed by atoms with Crippen molar-refractivity contribution in [3.63, 3.8) is 0 Å². The van der Waals surface area contributed by atoms with Gasteiger partial charge in [0.2, 0.25) is 0 Å². The number of aromatic nitrogens is 1. The van der Waals surface area contributed by atoms with Crippen molar-refractivity contribution in [2.75, 3.05) is 13.3 Å². The normalized spacial score (nSPS) is 11.3. The molecule has 0 aliphatic rings. The lowest BCUT2D eigenvalue weighted by atomic mass is 10.2. The molecule has 0 bridgehead atoms. The van der Waals surface area contributed by atoms with E-state index in [9.17, 15) is 8.42 Å². The third-order valence-corrected chi connectivity index (χ3v) is 4.03. The van der Waals surface area contributed by atoms with E-state index in [1.807, 2.05) is 25.4 Å². The molecule has 0 aliphatic heterocycles. The Bertz CT molecular complexity index is 680. The molecule has 1 heterocycles. The zero-order valence-corrected chi connectivity index (χ0v) is 12.9. The molecule has 6 heteroatoms. The third kappa shape index (κ3) is 4.54. The van der Waals surface area contributed by atoms with E-state index in [0.717, 1.165) is 17.8 Å². The Hall–Kier alpha value is -1.92. The van der Waals surface area contributed by atoms with Gasteiger partial charge < -0.3 is 10.1 Å². The molecule has 0 unspecified atom stereocenters. The minimum absolute atomic E-state index is 0.282. The first kappa shape index (κ1) is 15.5. The molecular weight excluding hydrogens is 288 g/mol. The van der Waals surface area contributed by atoms with Gasteiger partial charge in [-0.25, -0.2) is 8.42 Å². The highest BCUT2D eigenvalue weighted by Crippen LogP contribution is 2.16. The average molecular weight is 306 g/mol. The van der Waals surface area contributed by atoms with Gasteiger partial charge in [-0.3, -0.25) is 4.98 Å². The molecule has 2 aromatic rings. The number of hydrogen-bond donors (Lipinski definition) is 1. The molecule has 2 rings (SSSR count). The number of rotatable bonds is 6. The molecule has 1 N–H and O–H groups in total. The largest absolute Gasteiger partial charge is 0.487 e. The van der Waals surface area contributed by atoms with Gasteiger partial charge in [-0.05, 0) is 42.9 Å². The molecule has 0 saturated heterocycles. The molecular formula is C15H18N2O3S. The second-order valence-electron chi connectivity index (χ2n) is 4.72. The second kappa shape index (κ2) is 6.69. The van der Waals surface area contributed by atoms with Gasteiger partial charge in [0.05, 0.1) is 10.6 Å². The van der Waals surface area contributed by atoms with Crippen molar-refractivity contribution in [3.05, 3.63) is 53.9 Å². The summed E-state index contributed by atoms with van der Waals surface area (Å²) >= 11 is 0. The fourth-order valence-electron chi connectivity index (χ4n) is 1.79. The lowest BCUT2D eigenvalue weighted by molar-refractivity contribution is 0.301. The van der Waals surface area contributed by atoms with E-state index in [1.165, 1.54) is 18.4 Å². The Kier molecular flexibility index (Phi) is 4.93. The summed E-state index contributed by atoms with van der Waals surface area (Å²) in [5.41, 5.74) is 1.93. The van der Waals surface area contributed by atoms with E-state index in [-0.39, 0.29) is 4.90 Å². The summed E-state index contributed by atoms with van der Waals surface area (Å²) in [5.74, 6) is 0.614. The van der Waals surface area contributed by atoms with Gasteiger partial charge in [0.1, 0.15) is 12.4 Å². The fourth-order valence-corrected chi connectivity index (χ4v) is 2.42. The van der Waals surface area contributed by atoms with Crippen LogP contribution in [0.5, 0.6) is 5.75 Å². The van der Waals surface area contributed by atoms with Crippen LogP contribution < -0.4 is 10.1 Å². The van der Waals surface area contributed by atoms with Crippen molar-refractivity contribution in [1.29, 1.82) is 0 Å². The third-order valence-electron chi connectivity index (χ3n) is 2.91. The monoisotopic (exact) mass is 306 g/mol. The Balaban J connectivity index is 1.96. The molecule has 5 nitrogen and oxygen atoms in total. The summed E-state index contributed by atoms with van der Waals surface area (Å²) in [4.78, 5) is 4.59. The van der Waals surface area contributed by atoms with Crippen molar-refractivity contribution >= 4 is 9.84 Å². The summed E-state index contributed by atoms with van der Waals surface area (Å²) in [6.45, 7) is 1.12. The van der Waals surface area contributed by atoms with Crippen LogP contribution in [-0.4, -0.2) is 26.7 Å². The summed E-state index contributed by atoms with van der Waals surface area (Å²) in [7, 11) is -1.28. The lowest BCUT2D eigenvalue weighted by Gasteiger charge is -2.07. The van der Waals surface area contributed by atoms with Crippen LogP contribution in [0.3, 0.4) is 0 Å². The molecule has 0 saturated carbocycles. The predicted octanol–water partition coefficient (Wildman–Crippen LogP) is 1.78. The minimum Gasteiger partial charge on any atom is -0.487 e. The number of nitrogens with zero attached hydrogens (tertiary/aromatic N) is 1. The highest BCUT2D eigenvalue weighted by molar-refractivity contribution is 7.90. The Morgan fingerprint density at radius 2 is 1.86 bits per heavy atom. The van der Waals surface area contributed by atoms with Gasteiger partial charge in [-0.15, -0.1) is 0 Å². The minimum atomic E-state index is -3.17. The van der Waals surface area contributed by atoms with Gasteiger partial charge in [0.25, 0.3) is 0 Å². The SMILES string of the molecule is CNCc1ccc(COc2ccc(S(C)(=O)=O)cc2)nc1. The molecule has 0 fully saturated rings. The highest BCUT2D eigenvalue weighted by Gasteiger charge is 2.06. The maximum atomic E-state index is 11.4. The van der Waals surface area contributed by atoms with Crippen molar-refractivity contribution in [1.82, 2.24) is 10.3 Å². The maximum absolute atomic E-state index is 11.4. The van der Waals surface area contributed by atoms with Gasteiger partial charge in [-0.1, -0.05) is 6.07 Å². The lowest BCUT2D eigenvalue weighted by Crippen LogP contribution is -2.06. The second-order valence-corrected chi connectivity index (χ2v) is 6.74. The van der Waals surface area contributed by atoms with Gasteiger partial charge >= 0.3 is 0 Å². The summed E-state index contributed by atoms with van der Waals surface area (Å²) < 4.78 is 28.3. The molecule has 1 aromatic heterocycles. The topological polar surface area (TPSA) is 68.3 Å². The fraction of sp³-hybridized carbons (Fsp3) is 0.267. The van der Waals surface area contributed by atoms with E-state index in [2.05, 4.69) is 10.3 Å². The van der Waals surface area contributed by atoms with Crippen LogP contribution in [0.1, 0.15) is 11.3 Å². The Morgan fingerprint density at radius 3 is 2.38 bits per heavy atom. The highest BCUT2D eigenvalue weighted by atomic mass is 32.2. The maximum Gasteiger partial charge on any atom is 0.175 e. The summed E-state index contributed by atoms with van der Waals surface area (Å²) in [6.07, 6.45) is 2.99. The van der Waals surface area contributed by atoms with E-state index >= 15 is 0 Å². The predicted molar refractivity (Wildman–Crippen MR) is 80.9 cm³/mol. The van der Waals surface area contributed by atoms with Crippen molar-refractivity contribution in [2.24, 2.45) is 0 Å². The summed E-state index contributed by atoms with van der Waals surface area (Å²) in [6, 6.07) is 10.3. The molecule has 0 amide bonds. The van der Waals surface area contributed by atoms with Crippen LogP contribution in [0, 0.1) is 0 Å². The number of nitrogens with one attached hydrogen (secondary N) is 1. The van der Waals surface area contributed by atoms with Gasteiger partial charge in [0, 0.05) is 19.0 Å². The number of hydrogen-bond acceptors (Lipinski definition) is 5. The smallest absolute Gasteiger partial charge is 0.175 e. The summed E-state index contributed by atoms with van der Waals surface area (Å²) in [5, 5.41) is 3.06. The van der Waals surface area contributed by atoms with E-state index in [0.29, 0.717) is 12.4 Å². The van der Waals surface area contributed by atoms with E-state index in [1.54, 1.807) is 12.1 Å². The molecule has 0 radical (unpaired) electrons. The zero-order valence-electron chi connectivity index (χ0n) is 12.0. The van der Waals surface area contributed by atoms with Crippen LogP contribution in [-0.2, 0) is 23.0 Å². The molecule has 1 aromatic carbocycles. The quantitative estimate of drug-likeness (QED) is 0.881. The first-order valence-electron chi connectivity index (χ1n) is 6.50. The van der Waals surface area contributed by atoms with Crippen molar-refractivity contribution in [2.45, 2.75) is 18.0 Å². The molecule has 0 aliphatic carbocycles. The number of pyridine rings is 1. The van der Waals surface area contributed by atoms with Gasteiger partial charge in [-0.2, -0.15) is 0 Å². The Morgan fingerprint density at radius 1 is 1.14 bits per heavy atom. The first-order chi connectivity index (χ1) is 9.99.